The first-order chi connectivity index (χ1) is 38.4. The normalized spacial score (nSPS) is 34.7. The zero-order chi connectivity index (χ0) is 63.5. The number of fused-ring (bicyclic) bond motifs is 15. The number of rotatable bonds is 13. The summed E-state index contributed by atoms with van der Waals surface area (Å²) in [4.78, 5) is 28.1. The predicted molar refractivity (Wildman–Crippen MR) is 347 cm³/mol. The fourth-order valence-electron chi connectivity index (χ4n) is 11.8. The topological polar surface area (TPSA) is 167 Å². The maximum absolute atomic E-state index is 15.0. The number of aliphatic hydroxyl groups excluding tert-OH is 2. The molecule has 0 saturated carbocycles. The Morgan fingerprint density at radius 1 is 0.690 bits per heavy atom. The van der Waals surface area contributed by atoms with Crippen molar-refractivity contribution >= 4 is 45.0 Å². The summed E-state index contributed by atoms with van der Waals surface area (Å²) in [6, 6.07) is 0. The number of allylic oxidation sites excluding steroid dienone is 1. The molecule has 6 aliphatic heterocycles. The van der Waals surface area contributed by atoms with Crippen molar-refractivity contribution in [2.24, 2.45) is 11.8 Å². The van der Waals surface area contributed by atoms with Crippen molar-refractivity contribution in [3.05, 3.63) is 36.5 Å². The average Bonchev–Trinajstić information content (AvgIpc) is 3.90. The van der Waals surface area contributed by atoms with Gasteiger partial charge in [0.25, 0.3) is 0 Å². The first kappa shape index (κ1) is 73.5. The highest BCUT2D eigenvalue weighted by Crippen LogP contribution is 2.47. The van der Waals surface area contributed by atoms with Crippen LogP contribution in [0.1, 0.15) is 180 Å². The van der Waals surface area contributed by atoms with Crippen LogP contribution < -0.4 is 0 Å². The first-order valence-corrected chi connectivity index (χ1v) is 43.9. The van der Waals surface area contributed by atoms with E-state index in [1.165, 1.54) is 6.92 Å². The molecular formula is C66H122O14Si4. The van der Waals surface area contributed by atoms with Gasteiger partial charge in [0, 0.05) is 45.6 Å². The summed E-state index contributed by atoms with van der Waals surface area (Å²) in [5, 5.41) is 24.1. The summed E-state index contributed by atoms with van der Waals surface area (Å²) in [7, 11) is -7.84. The van der Waals surface area contributed by atoms with E-state index >= 15 is 0 Å². The van der Waals surface area contributed by atoms with Crippen LogP contribution in [-0.2, 0) is 55.7 Å². The molecule has 18 heteroatoms. The molecule has 0 amide bonds. The molecule has 0 radical (unpaired) electrons. The summed E-state index contributed by atoms with van der Waals surface area (Å²) in [5.74, 6) is -1.15. The van der Waals surface area contributed by atoms with Crippen LogP contribution in [0.15, 0.2) is 36.5 Å². The molecule has 4 saturated heterocycles. The number of Topliss-reactive ketones (excluding diaryl/α,β-unsaturated/α-hetero) is 1. The van der Waals surface area contributed by atoms with Crippen molar-refractivity contribution in [1.82, 2.24) is 0 Å². The second kappa shape index (κ2) is 29.0. The molecule has 6 rings (SSSR count). The number of aliphatic hydroxyl groups is 2. The molecule has 6 heterocycles. The summed E-state index contributed by atoms with van der Waals surface area (Å²) in [6.45, 7) is 57.5. The van der Waals surface area contributed by atoms with Crippen molar-refractivity contribution in [3.63, 3.8) is 0 Å². The SMILES string of the molecule is C=C1C[C@@H]2CCC/C=C/C(O[Si](C)(C)C(C)(C)C)C3O[C@H]4CC[C@H](CC(=O)CC5[C@@H](OC)C(CC(CO[Si](C)(C)C(C)(C)C)O[Si](C)(C)C(C)(C)C)O[C@H]5C[C@@H](OC(C)=O)C(=C)[C@H](C)C[C@H](O)CC[C@@H]1O2)OC4[C@H](O)C3O[Si](C)(C)C(C)(C)C. The molecule has 17 atom stereocenters. The van der Waals surface area contributed by atoms with Gasteiger partial charge in [0.1, 0.15) is 36.3 Å². The van der Waals surface area contributed by atoms with Crippen LogP contribution in [0.4, 0.5) is 0 Å². The van der Waals surface area contributed by atoms with E-state index in [1.807, 2.05) is 6.92 Å². The molecule has 0 aromatic heterocycles. The van der Waals surface area contributed by atoms with E-state index < -0.39 is 118 Å². The fourth-order valence-corrected chi connectivity index (χ4v) is 16.7. The monoisotopic (exact) mass is 1250 g/mol. The Balaban J connectivity index is 1.56. The maximum Gasteiger partial charge on any atom is 0.303 e. The Labute approximate surface area is 514 Å². The molecule has 84 heavy (non-hydrogen) atoms. The van der Waals surface area contributed by atoms with Crippen LogP contribution in [0.3, 0.4) is 0 Å². The van der Waals surface area contributed by atoms with Crippen LogP contribution in [0, 0.1) is 11.8 Å². The van der Waals surface area contributed by atoms with Crippen LogP contribution in [0.25, 0.3) is 0 Å². The maximum atomic E-state index is 15.0. The number of ether oxygens (including phenoxy) is 6. The van der Waals surface area contributed by atoms with E-state index in [-0.39, 0.29) is 69.4 Å². The number of carbonyl (C=O) groups is 2. The lowest BCUT2D eigenvalue weighted by Crippen LogP contribution is -2.67. The second-order valence-corrected chi connectivity index (χ2v) is 51.3. The third-order valence-corrected chi connectivity index (χ3v) is 39.3. The van der Waals surface area contributed by atoms with Crippen LogP contribution in [0.5, 0.6) is 0 Å². The van der Waals surface area contributed by atoms with Gasteiger partial charge in [0.05, 0.1) is 67.6 Å². The Morgan fingerprint density at radius 3 is 1.87 bits per heavy atom. The zero-order valence-electron chi connectivity index (χ0n) is 57.1. The van der Waals surface area contributed by atoms with Gasteiger partial charge in [-0.05, 0) is 147 Å². The average molecular weight is 1250 g/mol. The van der Waals surface area contributed by atoms with Gasteiger partial charge >= 0.3 is 5.97 Å². The highest BCUT2D eigenvalue weighted by atomic mass is 28.4. The van der Waals surface area contributed by atoms with Gasteiger partial charge in [-0.15, -0.1) is 0 Å². The summed E-state index contributed by atoms with van der Waals surface area (Å²) < 4.78 is 69.5. The largest absolute Gasteiger partial charge is 0.458 e. The van der Waals surface area contributed by atoms with Crippen molar-refractivity contribution in [3.8, 4) is 0 Å². The van der Waals surface area contributed by atoms with E-state index in [4.69, 9.17) is 46.1 Å². The van der Waals surface area contributed by atoms with Crippen molar-refractivity contribution in [2.45, 2.75) is 344 Å². The van der Waals surface area contributed by atoms with Crippen LogP contribution in [0.2, 0.25) is 72.5 Å². The van der Waals surface area contributed by atoms with Crippen molar-refractivity contribution in [1.29, 1.82) is 0 Å². The lowest BCUT2D eigenvalue weighted by Gasteiger charge is -2.53. The second-order valence-electron chi connectivity index (χ2n) is 32.2. The lowest BCUT2D eigenvalue weighted by atomic mass is 9.82. The van der Waals surface area contributed by atoms with Gasteiger partial charge in [-0.3, -0.25) is 9.59 Å². The van der Waals surface area contributed by atoms with E-state index in [1.54, 1.807) is 7.11 Å². The summed E-state index contributed by atoms with van der Waals surface area (Å²) >= 11 is 0. The third kappa shape index (κ3) is 19.2. The third-order valence-electron chi connectivity index (χ3n) is 21.3. The molecule has 0 spiro atoms. The highest BCUT2D eigenvalue weighted by Gasteiger charge is 2.56. The van der Waals surface area contributed by atoms with Gasteiger partial charge < -0.3 is 56.3 Å². The quantitative estimate of drug-likeness (QED) is 0.102. The van der Waals surface area contributed by atoms with Gasteiger partial charge in [-0.2, -0.15) is 0 Å². The molecule has 7 unspecified atom stereocenters. The Morgan fingerprint density at radius 2 is 1.29 bits per heavy atom. The molecule has 2 N–H and O–H groups in total. The van der Waals surface area contributed by atoms with Gasteiger partial charge in [-0.1, -0.05) is 115 Å². The van der Waals surface area contributed by atoms with Gasteiger partial charge in [-0.25, -0.2) is 0 Å². The summed E-state index contributed by atoms with van der Waals surface area (Å²) in [5.41, 5.74) is 1.73. The Kier molecular flexibility index (Phi) is 25.3. The molecular weight excluding hydrogens is 1130 g/mol. The molecule has 0 aromatic rings. The number of hydrogen-bond acceptors (Lipinski definition) is 14. The number of ketones is 1. The van der Waals surface area contributed by atoms with E-state index in [0.717, 1.165) is 31.3 Å². The van der Waals surface area contributed by atoms with Gasteiger partial charge in [0.15, 0.2) is 33.3 Å². The summed E-state index contributed by atoms with van der Waals surface area (Å²) in [6.07, 6.45) is 3.22. The highest BCUT2D eigenvalue weighted by molar-refractivity contribution is 6.75. The number of esters is 1. The molecule has 0 aliphatic carbocycles. The first-order valence-electron chi connectivity index (χ1n) is 32.3. The predicted octanol–water partition coefficient (Wildman–Crippen LogP) is 14.5. The number of hydrogen-bond donors (Lipinski definition) is 2. The van der Waals surface area contributed by atoms with Crippen molar-refractivity contribution in [2.75, 3.05) is 13.7 Å². The Hall–Kier alpha value is -1.21. The Bertz CT molecular complexity index is 2210. The zero-order valence-corrected chi connectivity index (χ0v) is 61.1. The lowest BCUT2D eigenvalue weighted by molar-refractivity contribution is -0.269. The number of carbonyl (C=O) groups excluding carboxylic acids is 2. The molecule has 14 nitrogen and oxygen atoms in total. The van der Waals surface area contributed by atoms with Crippen molar-refractivity contribution < 1.29 is 65.9 Å². The minimum atomic E-state index is -2.54. The minimum Gasteiger partial charge on any atom is -0.458 e. The molecule has 6 aliphatic rings. The van der Waals surface area contributed by atoms with Crippen LogP contribution >= 0.6 is 0 Å². The van der Waals surface area contributed by atoms with E-state index in [0.29, 0.717) is 50.7 Å². The molecule has 4 fully saturated rings. The van der Waals surface area contributed by atoms with E-state index in [2.05, 4.69) is 161 Å². The molecule has 6 bridgehead atoms. The van der Waals surface area contributed by atoms with E-state index in [9.17, 15) is 19.8 Å². The molecule has 0 aromatic carbocycles. The fraction of sp³-hybridized carbons (Fsp3) is 0.879. The molecule has 486 valence electrons. The smallest absolute Gasteiger partial charge is 0.303 e. The van der Waals surface area contributed by atoms with Crippen LogP contribution in [-0.4, -0.2) is 161 Å². The minimum absolute atomic E-state index is 0.0195. The number of methoxy groups -OCH3 is 1. The standard InChI is InChI=1S/C66H122O14Si4/c1-42-35-46(68)31-33-52-43(2)36-48(74-52)29-27-26-28-30-54(79-83(22,23)65(11,12)13)61-62(80-84(24,25)66(14,15)16)58(70)60-53(77-61)34-32-49(75-60)37-47(69)38-51-56(40-55(44(42)3)73-45(4)67)76-57(59(51)71-17)39-50(78-82(20,21)64(8,9)10)41-72-81(18,19)63(5,6)7/h28,30,42,46,48-62,68,70H,2-3,26-27,29,31-41H2,1,4-25H3/b30-28+/t42-,46-,48+,49-,50?,51?,52+,53+,54?,55-,56+,57?,58+,59-,60?,61?,62?/m1/s1. The van der Waals surface area contributed by atoms with Gasteiger partial charge in [0.2, 0.25) is 0 Å².